The first-order chi connectivity index (χ1) is 10.3. The van der Waals surface area contributed by atoms with Crippen molar-refractivity contribution in [2.45, 2.75) is 31.7 Å². The zero-order valence-electron chi connectivity index (χ0n) is 11.9. The number of fused-ring (bicyclic) bond motifs is 1. The van der Waals surface area contributed by atoms with E-state index in [0.29, 0.717) is 6.04 Å². The van der Waals surface area contributed by atoms with Gasteiger partial charge in [0.25, 0.3) is 5.91 Å². The molecule has 4 heteroatoms. The Kier molecular flexibility index (Phi) is 2.95. The Bertz CT molecular complexity index is 685. The Morgan fingerprint density at radius 3 is 3.05 bits per heavy atom. The van der Waals surface area contributed by atoms with E-state index in [1.807, 2.05) is 30.5 Å². The summed E-state index contributed by atoms with van der Waals surface area (Å²) in [5.74, 6) is -0.0253. The summed E-state index contributed by atoms with van der Waals surface area (Å²) in [6.07, 6.45) is 6.64. The lowest BCUT2D eigenvalue weighted by Gasteiger charge is -2.19. The van der Waals surface area contributed by atoms with E-state index in [1.54, 1.807) is 0 Å². The number of anilines is 2. The van der Waals surface area contributed by atoms with E-state index >= 15 is 0 Å². The summed E-state index contributed by atoms with van der Waals surface area (Å²) in [7, 11) is 0. The maximum atomic E-state index is 12.4. The molecule has 108 valence electrons. The Balaban J connectivity index is 1.55. The Morgan fingerprint density at radius 2 is 2.19 bits per heavy atom. The second-order valence-corrected chi connectivity index (χ2v) is 5.89. The highest BCUT2D eigenvalue weighted by Gasteiger charge is 2.26. The van der Waals surface area contributed by atoms with Crippen LogP contribution >= 0.6 is 0 Å². The van der Waals surface area contributed by atoms with Gasteiger partial charge in [0.2, 0.25) is 0 Å². The molecule has 0 spiro atoms. The lowest BCUT2D eigenvalue weighted by Crippen LogP contribution is -2.17. The molecule has 2 aromatic rings. The molecule has 1 aliphatic carbocycles. The van der Waals surface area contributed by atoms with E-state index in [4.69, 9.17) is 0 Å². The summed E-state index contributed by atoms with van der Waals surface area (Å²) in [6, 6.07) is 10.5. The molecule has 1 aromatic carbocycles. The average Bonchev–Trinajstić information content (AvgIpc) is 3.24. The van der Waals surface area contributed by atoms with Crippen LogP contribution in [0.15, 0.2) is 36.5 Å². The van der Waals surface area contributed by atoms with Gasteiger partial charge in [0.1, 0.15) is 5.69 Å². The minimum absolute atomic E-state index is 0.0253. The van der Waals surface area contributed by atoms with Gasteiger partial charge in [-0.15, -0.1) is 0 Å². The number of aromatic nitrogens is 1. The van der Waals surface area contributed by atoms with Gasteiger partial charge in [-0.3, -0.25) is 4.79 Å². The fraction of sp³-hybridized carbons (Fsp3) is 0.353. The first-order valence-corrected chi connectivity index (χ1v) is 7.66. The number of nitrogens with zero attached hydrogens (tertiary/aromatic N) is 1. The molecule has 2 heterocycles. The normalized spacial score (nSPS) is 17.0. The molecule has 4 nitrogen and oxygen atoms in total. The molecule has 0 unspecified atom stereocenters. The largest absolute Gasteiger partial charge is 0.385 e. The standard InChI is InChI=1S/C17H19N3O/c21-17(16-4-2-10-20(16)14-7-8-14)19-13-6-5-12-3-1-9-18-15(12)11-13/h2,4-6,10-11,14,18H,1,3,7-9H2,(H,19,21). The number of hydrogen-bond donors (Lipinski definition) is 2. The van der Waals surface area contributed by atoms with Gasteiger partial charge >= 0.3 is 0 Å². The van der Waals surface area contributed by atoms with E-state index in [0.717, 1.165) is 30.0 Å². The number of rotatable bonds is 3. The molecular weight excluding hydrogens is 262 g/mol. The van der Waals surface area contributed by atoms with Gasteiger partial charge in [-0.05, 0) is 55.5 Å². The smallest absolute Gasteiger partial charge is 0.272 e. The minimum Gasteiger partial charge on any atom is -0.385 e. The third-order valence-electron chi connectivity index (χ3n) is 4.26. The molecule has 1 aromatic heterocycles. The van der Waals surface area contributed by atoms with Gasteiger partial charge in [0.15, 0.2) is 0 Å². The highest BCUT2D eigenvalue weighted by molar-refractivity contribution is 6.03. The number of carbonyl (C=O) groups is 1. The third kappa shape index (κ3) is 2.42. The van der Waals surface area contributed by atoms with Crippen molar-refractivity contribution in [3.63, 3.8) is 0 Å². The van der Waals surface area contributed by atoms with Crippen LogP contribution in [0.5, 0.6) is 0 Å². The second-order valence-electron chi connectivity index (χ2n) is 5.89. The summed E-state index contributed by atoms with van der Waals surface area (Å²) in [5.41, 5.74) is 4.09. The molecule has 0 atom stereocenters. The lowest BCUT2D eigenvalue weighted by molar-refractivity contribution is 0.101. The number of amides is 1. The van der Waals surface area contributed by atoms with Crippen molar-refractivity contribution in [2.24, 2.45) is 0 Å². The Morgan fingerprint density at radius 1 is 1.29 bits per heavy atom. The Labute approximate surface area is 124 Å². The monoisotopic (exact) mass is 281 g/mol. The molecule has 2 N–H and O–H groups in total. The van der Waals surface area contributed by atoms with Crippen molar-refractivity contribution in [3.05, 3.63) is 47.8 Å². The highest BCUT2D eigenvalue weighted by Crippen LogP contribution is 2.36. The van der Waals surface area contributed by atoms with Crippen molar-refractivity contribution >= 4 is 17.3 Å². The molecule has 21 heavy (non-hydrogen) atoms. The van der Waals surface area contributed by atoms with Gasteiger partial charge in [0.05, 0.1) is 0 Å². The zero-order chi connectivity index (χ0) is 14.2. The molecule has 1 saturated carbocycles. The third-order valence-corrected chi connectivity index (χ3v) is 4.26. The number of aryl methyl sites for hydroxylation is 1. The van der Waals surface area contributed by atoms with Crippen molar-refractivity contribution in [1.82, 2.24) is 4.57 Å². The zero-order valence-corrected chi connectivity index (χ0v) is 11.9. The molecular formula is C17H19N3O. The maximum absolute atomic E-state index is 12.4. The van der Waals surface area contributed by atoms with Crippen LogP contribution in [0.2, 0.25) is 0 Å². The number of nitrogens with one attached hydrogen (secondary N) is 2. The summed E-state index contributed by atoms with van der Waals surface area (Å²) >= 11 is 0. The van der Waals surface area contributed by atoms with Crippen LogP contribution < -0.4 is 10.6 Å². The summed E-state index contributed by atoms with van der Waals surface area (Å²) in [4.78, 5) is 12.4. The minimum atomic E-state index is -0.0253. The van der Waals surface area contributed by atoms with E-state index in [-0.39, 0.29) is 5.91 Å². The fourth-order valence-electron chi connectivity index (χ4n) is 2.99. The number of hydrogen-bond acceptors (Lipinski definition) is 2. The van der Waals surface area contributed by atoms with Crippen molar-refractivity contribution < 1.29 is 4.79 Å². The van der Waals surface area contributed by atoms with Crippen molar-refractivity contribution in [3.8, 4) is 0 Å². The van der Waals surface area contributed by atoms with Crippen LogP contribution in [-0.4, -0.2) is 17.0 Å². The van der Waals surface area contributed by atoms with Crippen molar-refractivity contribution in [1.29, 1.82) is 0 Å². The van der Waals surface area contributed by atoms with Gasteiger partial charge in [-0.25, -0.2) is 0 Å². The van der Waals surface area contributed by atoms with E-state index in [2.05, 4.69) is 21.3 Å². The molecule has 1 amide bonds. The van der Waals surface area contributed by atoms with Gasteiger partial charge in [-0.2, -0.15) is 0 Å². The highest BCUT2D eigenvalue weighted by atomic mass is 16.1. The van der Waals surface area contributed by atoms with Crippen LogP contribution in [0.25, 0.3) is 0 Å². The second kappa shape index (κ2) is 4.95. The van der Waals surface area contributed by atoms with E-state index in [9.17, 15) is 4.79 Å². The first kappa shape index (κ1) is 12.5. The average molecular weight is 281 g/mol. The van der Waals surface area contributed by atoms with Gasteiger partial charge < -0.3 is 15.2 Å². The van der Waals surface area contributed by atoms with Crippen LogP contribution in [0.1, 0.15) is 41.4 Å². The van der Waals surface area contributed by atoms with Gasteiger partial charge in [-0.1, -0.05) is 6.07 Å². The first-order valence-electron chi connectivity index (χ1n) is 7.66. The number of carbonyl (C=O) groups excluding carboxylic acids is 1. The Hall–Kier alpha value is -2.23. The summed E-state index contributed by atoms with van der Waals surface area (Å²) < 4.78 is 2.09. The van der Waals surface area contributed by atoms with Crippen molar-refractivity contribution in [2.75, 3.05) is 17.2 Å². The topological polar surface area (TPSA) is 46.1 Å². The molecule has 0 saturated heterocycles. The predicted molar refractivity (Wildman–Crippen MR) is 83.9 cm³/mol. The molecule has 0 bridgehead atoms. The van der Waals surface area contributed by atoms with Crippen LogP contribution in [0.3, 0.4) is 0 Å². The summed E-state index contributed by atoms with van der Waals surface area (Å²) in [6.45, 7) is 1.01. The van der Waals surface area contributed by atoms with Crippen LogP contribution in [-0.2, 0) is 6.42 Å². The molecule has 4 rings (SSSR count). The summed E-state index contributed by atoms with van der Waals surface area (Å²) in [5, 5.41) is 6.41. The van der Waals surface area contributed by atoms with E-state index < -0.39 is 0 Å². The fourth-order valence-corrected chi connectivity index (χ4v) is 2.99. The van der Waals surface area contributed by atoms with Crippen LogP contribution in [0, 0.1) is 0 Å². The van der Waals surface area contributed by atoms with E-state index in [1.165, 1.54) is 24.8 Å². The SMILES string of the molecule is O=C(Nc1ccc2c(c1)NCCC2)c1cccn1C1CC1. The molecule has 0 radical (unpaired) electrons. The lowest BCUT2D eigenvalue weighted by atomic mass is 10.0. The predicted octanol–water partition coefficient (Wildman–Crippen LogP) is 3.43. The maximum Gasteiger partial charge on any atom is 0.272 e. The van der Waals surface area contributed by atoms with Crippen LogP contribution in [0.4, 0.5) is 11.4 Å². The molecule has 1 aliphatic heterocycles. The molecule has 1 fully saturated rings. The quantitative estimate of drug-likeness (QED) is 0.905. The number of benzene rings is 1. The molecule has 2 aliphatic rings. The van der Waals surface area contributed by atoms with Gasteiger partial charge in [0, 0.05) is 30.2 Å².